The number of aliphatic hydroxyl groups is 1. The largest absolute Gasteiger partial charge is 0.480 e. The number of ether oxygens (including phenoxy) is 1. The lowest BCUT2D eigenvalue weighted by Crippen LogP contribution is -2.50. The lowest BCUT2D eigenvalue weighted by molar-refractivity contribution is -0.143. The summed E-state index contributed by atoms with van der Waals surface area (Å²) >= 11 is 0. The average Bonchev–Trinajstić information content (AvgIpc) is 3.34. The van der Waals surface area contributed by atoms with Crippen molar-refractivity contribution in [3.63, 3.8) is 0 Å². The summed E-state index contributed by atoms with van der Waals surface area (Å²) in [5.74, 6) is -1.42. The average molecular weight is 465 g/mol. The normalized spacial score (nSPS) is 25.3. The molecule has 0 aromatic heterocycles. The third kappa shape index (κ3) is 4.03. The third-order valence-electron chi connectivity index (χ3n) is 7.64. The second-order valence-electron chi connectivity index (χ2n) is 9.49. The van der Waals surface area contributed by atoms with E-state index < -0.39 is 24.7 Å². The summed E-state index contributed by atoms with van der Waals surface area (Å²) < 4.78 is 5.64. The standard InChI is InChI=1S/C26H28N2O6/c29-12-23(25(31)32)27-24(30)15-9-14-11-22(20(14)10-15)28-26(33)34-13-21-18-7-3-1-5-16(18)17-6-2-4-8-19(17)21/h1-8,14-15,20-23,29H,9-13H2,(H,27,30)(H,28,33)(H,31,32)/t14-,15?,20-,22+,23-/m0/s1. The minimum absolute atomic E-state index is 0.000511. The first kappa shape index (κ1) is 22.4. The van der Waals surface area contributed by atoms with Gasteiger partial charge in [0.2, 0.25) is 5.91 Å². The van der Waals surface area contributed by atoms with Gasteiger partial charge in [-0.1, -0.05) is 48.5 Å². The van der Waals surface area contributed by atoms with E-state index in [9.17, 15) is 14.4 Å². The van der Waals surface area contributed by atoms with Gasteiger partial charge >= 0.3 is 12.1 Å². The van der Waals surface area contributed by atoms with Crippen LogP contribution in [-0.2, 0) is 14.3 Å². The Kier molecular flexibility index (Phi) is 6.00. The zero-order valence-corrected chi connectivity index (χ0v) is 18.6. The number of alkyl carbamates (subject to hydrolysis) is 1. The summed E-state index contributed by atoms with van der Waals surface area (Å²) in [6.07, 6.45) is 1.57. The predicted molar refractivity (Wildman–Crippen MR) is 123 cm³/mol. The van der Waals surface area contributed by atoms with Crippen LogP contribution in [0.5, 0.6) is 0 Å². The van der Waals surface area contributed by atoms with Crippen molar-refractivity contribution in [2.45, 2.75) is 37.3 Å². The first-order valence-corrected chi connectivity index (χ1v) is 11.7. The maximum atomic E-state index is 12.6. The van der Waals surface area contributed by atoms with E-state index in [1.165, 1.54) is 11.1 Å². The van der Waals surface area contributed by atoms with Crippen LogP contribution >= 0.6 is 0 Å². The molecule has 1 unspecified atom stereocenters. The van der Waals surface area contributed by atoms with E-state index in [0.717, 1.165) is 17.5 Å². The number of fused-ring (bicyclic) bond motifs is 4. The second-order valence-corrected chi connectivity index (χ2v) is 9.49. The number of rotatable bonds is 7. The Morgan fingerprint density at radius 2 is 1.62 bits per heavy atom. The Morgan fingerprint density at radius 3 is 2.24 bits per heavy atom. The van der Waals surface area contributed by atoms with Gasteiger partial charge in [-0.15, -0.1) is 0 Å². The molecule has 0 spiro atoms. The minimum Gasteiger partial charge on any atom is -0.480 e. The van der Waals surface area contributed by atoms with E-state index in [4.69, 9.17) is 14.9 Å². The number of hydrogen-bond acceptors (Lipinski definition) is 5. The van der Waals surface area contributed by atoms with Crippen LogP contribution in [-0.4, -0.2) is 53.5 Å². The van der Waals surface area contributed by atoms with Gasteiger partial charge in [-0.2, -0.15) is 0 Å². The first-order valence-electron chi connectivity index (χ1n) is 11.7. The van der Waals surface area contributed by atoms with Crippen LogP contribution in [0.3, 0.4) is 0 Å². The van der Waals surface area contributed by atoms with Crippen LogP contribution in [0.4, 0.5) is 4.79 Å². The lowest BCUT2D eigenvalue weighted by Gasteiger charge is -2.40. The summed E-state index contributed by atoms with van der Waals surface area (Å²) in [6.45, 7) is -0.393. The molecular formula is C26H28N2O6. The van der Waals surface area contributed by atoms with Gasteiger partial charge in [-0.05, 0) is 53.4 Å². The number of carbonyl (C=O) groups excluding carboxylic acids is 2. The number of aliphatic carboxylic acids is 1. The molecule has 2 saturated carbocycles. The molecule has 178 valence electrons. The van der Waals surface area contributed by atoms with E-state index in [0.29, 0.717) is 18.8 Å². The highest BCUT2D eigenvalue weighted by Crippen LogP contribution is 2.50. The summed E-state index contributed by atoms with van der Waals surface area (Å²) in [4.78, 5) is 36.1. The zero-order chi connectivity index (χ0) is 23.8. The Hall–Kier alpha value is -3.39. The van der Waals surface area contributed by atoms with Crippen molar-refractivity contribution < 1.29 is 29.3 Å². The highest BCUT2D eigenvalue weighted by atomic mass is 16.5. The van der Waals surface area contributed by atoms with Crippen LogP contribution < -0.4 is 10.6 Å². The van der Waals surface area contributed by atoms with Crippen molar-refractivity contribution in [1.82, 2.24) is 10.6 Å². The molecule has 2 aromatic rings. The van der Waals surface area contributed by atoms with Crippen LogP contribution in [0, 0.1) is 17.8 Å². The van der Waals surface area contributed by atoms with Gasteiger partial charge in [0.25, 0.3) is 0 Å². The monoisotopic (exact) mass is 464 g/mol. The van der Waals surface area contributed by atoms with Gasteiger partial charge in [0.1, 0.15) is 12.6 Å². The fourth-order valence-corrected chi connectivity index (χ4v) is 5.87. The molecule has 2 amide bonds. The fraction of sp³-hybridized carbons (Fsp3) is 0.423. The number of hydrogen-bond donors (Lipinski definition) is 4. The van der Waals surface area contributed by atoms with Crippen molar-refractivity contribution in [3.05, 3.63) is 59.7 Å². The maximum Gasteiger partial charge on any atom is 0.407 e. The molecule has 3 aliphatic rings. The molecule has 3 aliphatic carbocycles. The number of carboxylic acid groups (broad SMARTS) is 1. The van der Waals surface area contributed by atoms with Crippen LogP contribution in [0.2, 0.25) is 0 Å². The molecule has 2 aromatic carbocycles. The fourth-order valence-electron chi connectivity index (χ4n) is 5.87. The Bertz CT molecular complexity index is 1070. The molecule has 34 heavy (non-hydrogen) atoms. The molecule has 5 atom stereocenters. The highest BCUT2D eigenvalue weighted by molar-refractivity contribution is 5.85. The van der Waals surface area contributed by atoms with Gasteiger partial charge in [0, 0.05) is 17.9 Å². The summed E-state index contributed by atoms with van der Waals surface area (Å²) in [7, 11) is 0. The van der Waals surface area contributed by atoms with Crippen LogP contribution in [0.1, 0.15) is 36.3 Å². The number of carboxylic acids is 1. The predicted octanol–water partition coefficient (Wildman–Crippen LogP) is 2.50. The van der Waals surface area contributed by atoms with Crippen LogP contribution in [0.25, 0.3) is 11.1 Å². The number of carbonyl (C=O) groups is 3. The first-order chi connectivity index (χ1) is 16.5. The van der Waals surface area contributed by atoms with Crippen molar-refractivity contribution in [2.75, 3.05) is 13.2 Å². The number of nitrogens with one attached hydrogen (secondary N) is 2. The summed E-state index contributed by atoms with van der Waals surface area (Å²) in [6, 6.07) is 15.0. The van der Waals surface area contributed by atoms with Crippen molar-refractivity contribution in [1.29, 1.82) is 0 Å². The van der Waals surface area contributed by atoms with E-state index in [1.807, 2.05) is 24.3 Å². The molecule has 0 bridgehead atoms. The third-order valence-corrected chi connectivity index (χ3v) is 7.64. The molecule has 0 heterocycles. The number of amides is 2. The van der Waals surface area contributed by atoms with Gasteiger partial charge in [0.05, 0.1) is 6.61 Å². The molecule has 4 N–H and O–H groups in total. The molecule has 0 aliphatic heterocycles. The SMILES string of the molecule is O=C(N[C@@H]1C[C@@H]2CC(C(=O)N[C@@H](CO)C(=O)O)C[C@@H]21)OCC1c2ccccc2-c2ccccc21. The van der Waals surface area contributed by atoms with Gasteiger partial charge in [-0.3, -0.25) is 4.79 Å². The molecule has 8 nitrogen and oxygen atoms in total. The number of benzene rings is 2. The smallest absolute Gasteiger partial charge is 0.407 e. The van der Waals surface area contributed by atoms with E-state index >= 15 is 0 Å². The lowest BCUT2D eigenvalue weighted by atomic mass is 9.71. The topological polar surface area (TPSA) is 125 Å². The van der Waals surface area contributed by atoms with Gasteiger partial charge < -0.3 is 25.6 Å². The molecular weight excluding hydrogens is 436 g/mol. The maximum absolute atomic E-state index is 12.6. The number of aliphatic hydroxyl groups excluding tert-OH is 1. The Balaban J connectivity index is 1.14. The second kappa shape index (κ2) is 9.10. The molecule has 0 saturated heterocycles. The van der Waals surface area contributed by atoms with E-state index in [1.54, 1.807) is 0 Å². The van der Waals surface area contributed by atoms with E-state index in [-0.39, 0.29) is 36.3 Å². The quantitative estimate of drug-likeness (QED) is 0.499. The molecule has 5 rings (SSSR count). The minimum atomic E-state index is -1.29. The molecule has 2 fully saturated rings. The van der Waals surface area contributed by atoms with E-state index in [2.05, 4.69) is 34.9 Å². The van der Waals surface area contributed by atoms with Crippen LogP contribution in [0.15, 0.2) is 48.5 Å². The Morgan fingerprint density at radius 1 is 0.971 bits per heavy atom. The highest BCUT2D eigenvalue weighted by Gasteiger charge is 2.50. The molecule has 0 radical (unpaired) electrons. The summed E-state index contributed by atoms with van der Waals surface area (Å²) in [5, 5.41) is 23.5. The van der Waals surface area contributed by atoms with Crippen molar-refractivity contribution in [2.24, 2.45) is 17.8 Å². The molecule has 8 heteroatoms. The van der Waals surface area contributed by atoms with Gasteiger partial charge in [0.15, 0.2) is 0 Å². The summed E-state index contributed by atoms with van der Waals surface area (Å²) in [5.41, 5.74) is 4.67. The van der Waals surface area contributed by atoms with Gasteiger partial charge in [-0.25, -0.2) is 9.59 Å². The Labute approximate surface area is 197 Å². The zero-order valence-electron chi connectivity index (χ0n) is 18.6. The van der Waals surface area contributed by atoms with Crippen molar-refractivity contribution in [3.8, 4) is 11.1 Å². The van der Waals surface area contributed by atoms with Crippen molar-refractivity contribution >= 4 is 18.0 Å².